The fraction of sp³-hybridized carbons (Fsp3) is 0.467. The summed E-state index contributed by atoms with van der Waals surface area (Å²) in [5, 5.41) is 0.595. The first kappa shape index (κ1) is 16.5. The van der Waals surface area contributed by atoms with Crippen LogP contribution in [0.15, 0.2) is 24.3 Å². The fourth-order valence-corrected chi connectivity index (χ4v) is 1.68. The molecule has 110 valence electrons. The molecule has 1 aromatic rings. The van der Waals surface area contributed by atoms with E-state index in [-0.39, 0.29) is 25.4 Å². The standard InChI is InChI=1S/C15H19ClO4/c1-2-3-9-19-14(17)7-8-15(18)20-11-12-5-4-6-13(16)10-12/h4-6,10H,2-3,7-9,11H2,1H3. The highest BCUT2D eigenvalue weighted by Crippen LogP contribution is 2.11. The van der Waals surface area contributed by atoms with Crippen LogP contribution in [0.5, 0.6) is 0 Å². The minimum absolute atomic E-state index is 0.0333. The van der Waals surface area contributed by atoms with Gasteiger partial charge in [-0.05, 0) is 24.1 Å². The summed E-state index contributed by atoms with van der Waals surface area (Å²) in [4.78, 5) is 22.8. The van der Waals surface area contributed by atoms with E-state index in [0.29, 0.717) is 11.6 Å². The Hall–Kier alpha value is -1.55. The van der Waals surface area contributed by atoms with Crippen molar-refractivity contribution in [1.82, 2.24) is 0 Å². The molecule has 0 atom stereocenters. The first-order valence-corrected chi connectivity index (χ1v) is 7.05. The van der Waals surface area contributed by atoms with Gasteiger partial charge in [0, 0.05) is 5.02 Å². The first-order valence-electron chi connectivity index (χ1n) is 6.67. The molecule has 0 bridgehead atoms. The van der Waals surface area contributed by atoms with Crippen molar-refractivity contribution in [3.05, 3.63) is 34.9 Å². The van der Waals surface area contributed by atoms with Crippen molar-refractivity contribution in [2.24, 2.45) is 0 Å². The Morgan fingerprint density at radius 1 is 1.15 bits per heavy atom. The monoisotopic (exact) mass is 298 g/mol. The molecule has 0 amide bonds. The average Bonchev–Trinajstić information content (AvgIpc) is 2.43. The SMILES string of the molecule is CCCCOC(=O)CCC(=O)OCc1cccc(Cl)c1. The molecule has 0 saturated heterocycles. The summed E-state index contributed by atoms with van der Waals surface area (Å²) in [6.07, 6.45) is 1.89. The van der Waals surface area contributed by atoms with Crippen LogP contribution in [0.2, 0.25) is 5.02 Å². The summed E-state index contributed by atoms with van der Waals surface area (Å²) in [6.45, 7) is 2.58. The molecule has 0 fully saturated rings. The van der Waals surface area contributed by atoms with Crippen LogP contribution in [0, 0.1) is 0 Å². The van der Waals surface area contributed by atoms with E-state index in [1.807, 2.05) is 13.0 Å². The van der Waals surface area contributed by atoms with Crippen molar-refractivity contribution in [3.63, 3.8) is 0 Å². The van der Waals surface area contributed by atoms with E-state index in [0.717, 1.165) is 18.4 Å². The molecule has 0 spiro atoms. The summed E-state index contributed by atoms with van der Waals surface area (Å²) in [5.74, 6) is -0.782. The molecule has 0 aromatic heterocycles. The van der Waals surface area contributed by atoms with Crippen molar-refractivity contribution in [3.8, 4) is 0 Å². The minimum Gasteiger partial charge on any atom is -0.466 e. The number of ether oxygens (including phenoxy) is 2. The van der Waals surface area contributed by atoms with Crippen LogP contribution < -0.4 is 0 Å². The third-order valence-electron chi connectivity index (χ3n) is 2.58. The van der Waals surface area contributed by atoms with E-state index in [4.69, 9.17) is 21.1 Å². The second kappa shape index (κ2) is 9.37. The predicted molar refractivity (Wildman–Crippen MR) is 76.3 cm³/mol. The molecule has 20 heavy (non-hydrogen) atoms. The van der Waals surface area contributed by atoms with E-state index in [1.54, 1.807) is 18.2 Å². The fourth-order valence-electron chi connectivity index (χ4n) is 1.47. The predicted octanol–water partition coefficient (Wildman–Crippen LogP) is 3.51. The van der Waals surface area contributed by atoms with Gasteiger partial charge in [0.25, 0.3) is 0 Å². The van der Waals surface area contributed by atoms with Gasteiger partial charge in [-0.15, -0.1) is 0 Å². The zero-order chi connectivity index (χ0) is 14.8. The van der Waals surface area contributed by atoms with Crippen LogP contribution in [0.1, 0.15) is 38.2 Å². The van der Waals surface area contributed by atoms with Crippen molar-refractivity contribution in [2.45, 2.75) is 39.2 Å². The maximum Gasteiger partial charge on any atom is 0.306 e. The molecule has 0 heterocycles. The molecular formula is C15H19ClO4. The number of carbonyl (C=O) groups is 2. The summed E-state index contributed by atoms with van der Waals surface area (Å²) in [5.41, 5.74) is 0.816. The van der Waals surface area contributed by atoms with Gasteiger partial charge in [-0.25, -0.2) is 0 Å². The van der Waals surface area contributed by atoms with Gasteiger partial charge in [0.1, 0.15) is 6.61 Å². The summed E-state index contributed by atoms with van der Waals surface area (Å²) in [6, 6.07) is 7.09. The highest BCUT2D eigenvalue weighted by molar-refractivity contribution is 6.30. The number of rotatable bonds is 8. The Morgan fingerprint density at radius 2 is 1.85 bits per heavy atom. The highest BCUT2D eigenvalue weighted by atomic mass is 35.5. The zero-order valence-corrected chi connectivity index (χ0v) is 12.3. The van der Waals surface area contributed by atoms with E-state index >= 15 is 0 Å². The third kappa shape index (κ3) is 7.14. The van der Waals surface area contributed by atoms with Gasteiger partial charge in [-0.3, -0.25) is 9.59 Å². The molecule has 5 heteroatoms. The summed E-state index contributed by atoms with van der Waals surface area (Å²) in [7, 11) is 0. The lowest BCUT2D eigenvalue weighted by Gasteiger charge is -2.06. The Bertz CT molecular complexity index is 445. The quantitative estimate of drug-likeness (QED) is 0.544. The van der Waals surface area contributed by atoms with Crippen molar-refractivity contribution in [1.29, 1.82) is 0 Å². The lowest BCUT2D eigenvalue weighted by Crippen LogP contribution is -2.10. The lowest BCUT2D eigenvalue weighted by molar-refractivity contribution is -0.151. The number of benzene rings is 1. The Kier molecular flexibility index (Phi) is 7.73. The number of hydrogen-bond acceptors (Lipinski definition) is 4. The molecule has 1 aromatic carbocycles. The van der Waals surface area contributed by atoms with Gasteiger partial charge in [0.05, 0.1) is 19.4 Å². The van der Waals surface area contributed by atoms with E-state index < -0.39 is 5.97 Å². The van der Waals surface area contributed by atoms with Gasteiger partial charge in [0.2, 0.25) is 0 Å². The van der Waals surface area contributed by atoms with Crippen LogP contribution in [0.25, 0.3) is 0 Å². The van der Waals surface area contributed by atoms with Gasteiger partial charge >= 0.3 is 11.9 Å². The zero-order valence-electron chi connectivity index (χ0n) is 11.6. The Balaban J connectivity index is 2.19. The molecule has 0 radical (unpaired) electrons. The van der Waals surface area contributed by atoms with Gasteiger partial charge in [0.15, 0.2) is 0 Å². The smallest absolute Gasteiger partial charge is 0.306 e. The number of hydrogen-bond donors (Lipinski definition) is 0. The van der Waals surface area contributed by atoms with Crippen molar-refractivity contribution in [2.75, 3.05) is 6.61 Å². The van der Waals surface area contributed by atoms with E-state index in [1.165, 1.54) is 0 Å². The number of esters is 2. The van der Waals surface area contributed by atoms with Crippen LogP contribution >= 0.6 is 11.6 Å². The van der Waals surface area contributed by atoms with Crippen LogP contribution in [-0.2, 0) is 25.7 Å². The van der Waals surface area contributed by atoms with Crippen molar-refractivity contribution >= 4 is 23.5 Å². The number of unbranched alkanes of at least 4 members (excludes halogenated alkanes) is 1. The average molecular weight is 299 g/mol. The molecule has 0 N–H and O–H groups in total. The maximum atomic E-state index is 11.5. The van der Waals surface area contributed by atoms with Crippen LogP contribution in [0.3, 0.4) is 0 Å². The molecule has 0 aliphatic rings. The van der Waals surface area contributed by atoms with E-state index in [2.05, 4.69) is 0 Å². The molecule has 0 aliphatic heterocycles. The second-order valence-corrected chi connectivity index (χ2v) is 4.80. The molecule has 4 nitrogen and oxygen atoms in total. The number of halogens is 1. The molecule has 0 saturated carbocycles. The highest BCUT2D eigenvalue weighted by Gasteiger charge is 2.09. The van der Waals surface area contributed by atoms with E-state index in [9.17, 15) is 9.59 Å². The van der Waals surface area contributed by atoms with Gasteiger partial charge in [-0.2, -0.15) is 0 Å². The van der Waals surface area contributed by atoms with Gasteiger partial charge in [-0.1, -0.05) is 37.1 Å². The maximum absolute atomic E-state index is 11.5. The molecule has 0 aliphatic carbocycles. The number of carbonyl (C=O) groups excluding carboxylic acids is 2. The summed E-state index contributed by atoms with van der Waals surface area (Å²) >= 11 is 5.82. The lowest BCUT2D eigenvalue weighted by atomic mass is 10.2. The normalized spacial score (nSPS) is 10.1. The summed E-state index contributed by atoms with van der Waals surface area (Å²) < 4.78 is 10.0. The van der Waals surface area contributed by atoms with Gasteiger partial charge < -0.3 is 9.47 Å². The topological polar surface area (TPSA) is 52.6 Å². The Labute approximate surface area is 124 Å². The minimum atomic E-state index is -0.419. The first-order chi connectivity index (χ1) is 9.61. The molecule has 0 unspecified atom stereocenters. The molecule has 1 rings (SSSR count). The third-order valence-corrected chi connectivity index (χ3v) is 2.82. The Morgan fingerprint density at radius 3 is 2.50 bits per heavy atom. The van der Waals surface area contributed by atoms with Crippen LogP contribution in [-0.4, -0.2) is 18.5 Å². The molecular weight excluding hydrogens is 280 g/mol. The largest absolute Gasteiger partial charge is 0.466 e. The second-order valence-electron chi connectivity index (χ2n) is 4.36. The van der Waals surface area contributed by atoms with Crippen molar-refractivity contribution < 1.29 is 19.1 Å². The van der Waals surface area contributed by atoms with Crippen LogP contribution in [0.4, 0.5) is 0 Å².